The fraction of sp³-hybridized carbons (Fsp3) is 0.312. The van der Waals surface area contributed by atoms with Gasteiger partial charge in [-0.05, 0) is 19.9 Å². The first-order valence-corrected chi connectivity index (χ1v) is 7.97. The average Bonchev–Trinajstić information content (AvgIpc) is 2.93. The number of hydrogen-bond acceptors (Lipinski definition) is 4. The monoisotopic (exact) mass is 314 g/mol. The van der Waals surface area contributed by atoms with E-state index in [2.05, 4.69) is 27.5 Å². The van der Waals surface area contributed by atoms with Crippen LogP contribution in [0, 0.1) is 19.3 Å². The van der Waals surface area contributed by atoms with Crippen molar-refractivity contribution < 1.29 is 4.79 Å². The van der Waals surface area contributed by atoms with Gasteiger partial charge in [0.25, 0.3) is 0 Å². The minimum atomic E-state index is -0.106. The molecule has 0 unspecified atom stereocenters. The van der Waals surface area contributed by atoms with E-state index in [1.54, 1.807) is 0 Å². The van der Waals surface area contributed by atoms with Crippen LogP contribution in [-0.2, 0) is 11.3 Å². The van der Waals surface area contributed by atoms with E-state index in [0.717, 1.165) is 23.1 Å². The van der Waals surface area contributed by atoms with E-state index in [1.165, 1.54) is 17.3 Å². The fourth-order valence-corrected chi connectivity index (χ4v) is 2.84. The summed E-state index contributed by atoms with van der Waals surface area (Å²) in [6.45, 7) is 5.06. The maximum atomic E-state index is 11.6. The van der Waals surface area contributed by atoms with Crippen LogP contribution in [0.25, 0.3) is 11.4 Å². The highest BCUT2D eigenvalue weighted by atomic mass is 32.2. The Hall–Kier alpha value is -2.26. The standard InChI is InChI=1S/C16H18N4OS/c1-4-9-17-14(21)11-22-16-19-18-15(20(16)5-2)13-8-6-7-12(3)10-13/h1,6-8,10H,5,9,11H2,2-3H3,(H,17,21). The third kappa shape index (κ3) is 3.89. The van der Waals surface area contributed by atoms with Crippen molar-refractivity contribution in [2.45, 2.75) is 25.5 Å². The van der Waals surface area contributed by atoms with Gasteiger partial charge in [0, 0.05) is 12.1 Å². The Morgan fingerprint density at radius 1 is 1.45 bits per heavy atom. The Bertz CT molecular complexity index is 702. The molecule has 5 nitrogen and oxygen atoms in total. The number of rotatable bonds is 6. The van der Waals surface area contributed by atoms with E-state index in [1.807, 2.05) is 36.6 Å². The van der Waals surface area contributed by atoms with Gasteiger partial charge in [-0.3, -0.25) is 4.79 Å². The number of benzene rings is 1. The topological polar surface area (TPSA) is 59.8 Å². The van der Waals surface area contributed by atoms with Crippen molar-refractivity contribution in [2.24, 2.45) is 0 Å². The maximum absolute atomic E-state index is 11.6. The molecule has 0 aliphatic carbocycles. The molecule has 1 N–H and O–H groups in total. The molecule has 1 aromatic carbocycles. The molecule has 0 spiro atoms. The van der Waals surface area contributed by atoms with Crippen molar-refractivity contribution in [1.82, 2.24) is 20.1 Å². The van der Waals surface area contributed by atoms with E-state index in [0.29, 0.717) is 0 Å². The Morgan fingerprint density at radius 3 is 2.95 bits per heavy atom. The number of nitrogens with one attached hydrogen (secondary N) is 1. The molecule has 2 aromatic rings. The van der Waals surface area contributed by atoms with E-state index < -0.39 is 0 Å². The van der Waals surface area contributed by atoms with Gasteiger partial charge in [0.1, 0.15) is 0 Å². The molecule has 0 radical (unpaired) electrons. The molecular formula is C16H18N4OS. The van der Waals surface area contributed by atoms with Crippen LogP contribution in [0.5, 0.6) is 0 Å². The molecule has 1 amide bonds. The lowest BCUT2D eigenvalue weighted by Gasteiger charge is -2.07. The predicted molar refractivity (Wildman–Crippen MR) is 88.4 cm³/mol. The van der Waals surface area contributed by atoms with E-state index >= 15 is 0 Å². The first kappa shape index (κ1) is 16.1. The largest absolute Gasteiger partial charge is 0.344 e. The van der Waals surface area contributed by atoms with E-state index in [9.17, 15) is 4.79 Å². The number of carbonyl (C=O) groups is 1. The molecule has 1 heterocycles. The van der Waals surface area contributed by atoms with Crippen LogP contribution in [-0.4, -0.2) is 33.0 Å². The van der Waals surface area contributed by atoms with E-state index in [-0.39, 0.29) is 18.2 Å². The number of nitrogens with zero attached hydrogens (tertiary/aromatic N) is 3. The van der Waals surface area contributed by atoms with Gasteiger partial charge in [-0.15, -0.1) is 16.6 Å². The Labute approximate surface area is 134 Å². The Morgan fingerprint density at radius 2 is 2.27 bits per heavy atom. The number of thioether (sulfide) groups is 1. The third-order valence-electron chi connectivity index (χ3n) is 3.03. The molecule has 1 aromatic heterocycles. The van der Waals surface area contributed by atoms with E-state index in [4.69, 9.17) is 6.42 Å². The molecule has 0 fully saturated rings. The maximum Gasteiger partial charge on any atom is 0.231 e. The summed E-state index contributed by atoms with van der Waals surface area (Å²) in [4.78, 5) is 11.6. The van der Waals surface area contributed by atoms with Gasteiger partial charge in [-0.2, -0.15) is 0 Å². The number of hydrogen-bond donors (Lipinski definition) is 1. The zero-order chi connectivity index (χ0) is 15.9. The fourth-order valence-electron chi connectivity index (χ4n) is 2.01. The van der Waals surface area contributed by atoms with Crippen LogP contribution >= 0.6 is 11.8 Å². The highest BCUT2D eigenvalue weighted by Crippen LogP contribution is 2.24. The highest BCUT2D eigenvalue weighted by molar-refractivity contribution is 7.99. The van der Waals surface area contributed by atoms with Crippen LogP contribution < -0.4 is 5.32 Å². The normalized spacial score (nSPS) is 10.2. The first-order chi connectivity index (χ1) is 10.7. The smallest absolute Gasteiger partial charge is 0.231 e. The summed E-state index contributed by atoms with van der Waals surface area (Å²) in [5, 5.41) is 11.8. The zero-order valence-electron chi connectivity index (χ0n) is 12.7. The second-order valence-corrected chi connectivity index (χ2v) is 5.63. The van der Waals surface area contributed by atoms with Gasteiger partial charge in [0.15, 0.2) is 11.0 Å². The molecular weight excluding hydrogens is 296 g/mol. The van der Waals surface area contributed by atoms with Crippen molar-refractivity contribution in [3.05, 3.63) is 29.8 Å². The van der Waals surface area contributed by atoms with Crippen LogP contribution in [0.1, 0.15) is 12.5 Å². The first-order valence-electron chi connectivity index (χ1n) is 6.99. The minimum absolute atomic E-state index is 0.106. The summed E-state index contributed by atoms with van der Waals surface area (Å²) >= 11 is 1.36. The van der Waals surface area contributed by atoms with Gasteiger partial charge in [0.05, 0.1) is 12.3 Å². The molecule has 114 valence electrons. The summed E-state index contributed by atoms with van der Waals surface area (Å²) in [6, 6.07) is 8.13. The van der Waals surface area contributed by atoms with Gasteiger partial charge in [-0.1, -0.05) is 41.4 Å². The zero-order valence-corrected chi connectivity index (χ0v) is 13.5. The molecule has 0 atom stereocenters. The molecule has 0 bridgehead atoms. The van der Waals surface area contributed by atoms with Crippen LogP contribution in [0.2, 0.25) is 0 Å². The van der Waals surface area contributed by atoms with Crippen molar-refractivity contribution in [1.29, 1.82) is 0 Å². The van der Waals surface area contributed by atoms with Crippen molar-refractivity contribution in [3.63, 3.8) is 0 Å². The van der Waals surface area contributed by atoms with Gasteiger partial charge in [0.2, 0.25) is 5.91 Å². The number of aromatic nitrogens is 3. The second-order valence-electron chi connectivity index (χ2n) is 4.69. The SMILES string of the molecule is C#CCNC(=O)CSc1nnc(-c2cccc(C)c2)n1CC. The molecule has 0 aliphatic heterocycles. The van der Waals surface area contributed by atoms with Crippen LogP contribution in [0.4, 0.5) is 0 Å². The summed E-state index contributed by atoms with van der Waals surface area (Å²) in [6.07, 6.45) is 5.11. The highest BCUT2D eigenvalue weighted by Gasteiger charge is 2.14. The van der Waals surface area contributed by atoms with Crippen molar-refractivity contribution >= 4 is 17.7 Å². The predicted octanol–water partition coefficient (Wildman–Crippen LogP) is 2.11. The van der Waals surface area contributed by atoms with Gasteiger partial charge >= 0.3 is 0 Å². The van der Waals surface area contributed by atoms with Gasteiger partial charge in [-0.25, -0.2) is 0 Å². The molecule has 22 heavy (non-hydrogen) atoms. The summed E-state index contributed by atoms with van der Waals surface area (Å²) in [7, 11) is 0. The lowest BCUT2D eigenvalue weighted by Crippen LogP contribution is -2.25. The van der Waals surface area contributed by atoms with Crippen LogP contribution in [0.15, 0.2) is 29.4 Å². The third-order valence-corrected chi connectivity index (χ3v) is 4.00. The van der Waals surface area contributed by atoms with Crippen molar-refractivity contribution in [3.8, 4) is 23.7 Å². The summed E-state index contributed by atoms with van der Waals surface area (Å²) < 4.78 is 2.01. The summed E-state index contributed by atoms with van der Waals surface area (Å²) in [5.74, 6) is 3.36. The average molecular weight is 314 g/mol. The molecule has 0 saturated carbocycles. The van der Waals surface area contributed by atoms with Crippen LogP contribution in [0.3, 0.4) is 0 Å². The molecule has 2 rings (SSSR count). The number of carbonyl (C=O) groups excluding carboxylic acids is 1. The Balaban J connectivity index is 2.14. The van der Waals surface area contributed by atoms with Crippen molar-refractivity contribution in [2.75, 3.05) is 12.3 Å². The lowest BCUT2D eigenvalue weighted by molar-refractivity contribution is -0.118. The minimum Gasteiger partial charge on any atom is -0.344 e. The summed E-state index contributed by atoms with van der Waals surface area (Å²) in [5.41, 5.74) is 2.20. The number of terminal acetylenes is 1. The molecule has 0 saturated heterocycles. The number of aryl methyl sites for hydroxylation is 1. The second kappa shape index (κ2) is 7.66. The molecule has 0 aliphatic rings. The number of amides is 1. The Kier molecular flexibility index (Phi) is 5.61. The quantitative estimate of drug-likeness (QED) is 0.655. The van der Waals surface area contributed by atoms with Gasteiger partial charge < -0.3 is 9.88 Å². The molecule has 6 heteroatoms. The lowest BCUT2D eigenvalue weighted by atomic mass is 10.1.